The Hall–Kier alpha value is -2.34. The molecule has 6 rings (SSSR count). The first kappa shape index (κ1) is 17.7. The van der Waals surface area contributed by atoms with Gasteiger partial charge >= 0.3 is 12.0 Å². The van der Waals surface area contributed by atoms with Crippen molar-refractivity contribution in [3.63, 3.8) is 0 Å². The monoisotopic (exact) mass is 381 g/mol. The summed E-state index contributed by atoms with van der Waals surface area (Å²) >= 11 is 0. The first-order valence-corrected chi connectivity index (χ1v) is 10.4. The van der Waals surface area contributed by atoms with Crippen molar-refractivity contribution in [1.29, 1.82) is 0 Å². The molecule has 28 heavy (non-hydrogen) atoms. The van der Waals surface area contributed by atoms with Crippen molar-refractivity contribution in [3.8, 4) is 5.75 Å². The van der Waals surface area contributed by atoms with Crippen molar-refractivity contribution in [2.45, 2.75) is 51.5 Å². The number of fused-ring (bicyclic) bond motifs is 4. The molecule has 1 amide bonds. The number of rotatable bonds is 2. The normalized spacial score (nSPS) is 30.7. The fraction of sp³-hybridized carbons (Fsp3) is 0.545. The summed E-state index contributed by atoms with van der Waals surface area (Å²) in [6.45, 7) is 5.87. The molecule has 4 bridgehead atoms. The summed E-state index contributed by atoms with van der Waals surface area (Å²) in [4.78, 5) is 26.6. The van der Waals surface area contributed by atoms with Gasteiger partial charge in [-0.05, 0) is 54.9 Å². The van der Waals surface area contributed by atoms with E-state index in [2.05, 4.69) is 11.8 Å². The zero-order chi connectivity index (χ0) is 19.6. The molecule has 1 aromatic carbocycles. The molecule has 3 fully saturated rings. The van der Waals surface area contributed by atoms with Gasteiger partial charge in [0.1, 0.15) is 5.75 Å². The maximum absolute atomic E-state index is 12.5. The summed E-state index contributed by atoms with van der Waals surface area (Å²) in [5.74, 6) is 1.89. The second-order valence-electron chi connectivity index (χ2n) is 8.66. The quantitative estimate of drug-likeness (QED) is 0.640. The average Bonchev–Trinajstić information content (AvgIpc) is 2.93. The van der Waals surface area contributed by atoms with Crippen LogP contribution in [-0.2, 0) is 11.2 Å². The SMILES string of the molecule is CC[C@H]1C[C@@H]2C[C@H]3c4c(c5cc(OC(C)=O)ccc5n4C(N)=O)CCN(C2)[C@@H]13. The Labute approximate surface area is 164 Å². The van der Waals surface area contributed by atoms with Crippen LogP contribution < -0.4 is 10.5 Å². The Morgan fingerprint density at radius 3 is 2.82 bits per heavy atom. The van der Waals surface area contributed by atoms with Crippen LogP contribution in [0.25, 0.3) is 10.9 Å². The predicted octanol–water partition coefficient (Wildman–Crippen LogP) is 3.25. The van der Waals surface area contributed by atoms with Crippen molar-refractivity contribution in [2.24, 2.45) is 17.6 Å². The minimum absolute atomic E-state index is 0.340. The number of benzene rings is 1. The molecule has 148 valence electrons. The summed E-state index contributed by atoms with van der Waals surface area (Å²) in [5.41, 5.74) is 9.02. The van der Waals surface area contributed by atoms with E-state index >= 15 is 0 Å². The molecule has 3 aliphatic heterocycles. The molecule has 6 heteroatoms. The summed E-state index contributed by atoms with van der Waals surface area (Å²) < 4.78 is 7.05. The third kappa shape index (κ3) is 2.50. The zero-order valence-corrected chi connectivity index (χ0v) is 16.5. The number of amides is 1. The van der Waals surface area contributed by atoms with Gasteiger partial charge in [-0.25, -0.2) is 4.79 Å². The highest BCUT2D eigenvalue weighted by atomic mass is 16.5. The van der Waals surface area contributed by atoms with Crippen LogP contribution in [0.3, 0.4) is 0 Å². The number of primary amides is 1. The van der Waals surface area contributed by atoms with Crippen LogP contribution in [0.15, 0.2) is 18.2 Å². The van der Waals surface area contributed by atoms with Crippen LogP contribution in [-0.4, -0.2) is 40.6 Å². The van der Waals surface area contributed by atoms with Crippen molar-refractivity contribution in [3.05, 3.63) is 29.5 Å². The van der Waals surface area contributed by atoms with Gasteiger partial charge in [-0.2, -0.15) is 0 Å². The van der Waals surface area contributed by atoms with Gasteiger partial charge in [0.2, 0.25) is 0 Å². The molecule has 1 aliphatic carbocycles. The maximum Gasteiger partial charge on any atom is 0.323 e. The second kappa shape index (κ2) is 6.34. The highest BCUT2D eigenvalue weighted by molar-refractivity contribution is 5.96. The number of carbonyl (C=O) groups is 2. The fourth-order valence-electron chi connectivity index (χ4n) is 6.30. The van der Waals surface area contributed by atoms with Crippen LogP contribution in [0, 0.1) is 11.8 Å². The number of aromatic nitrogens is 1. The molecule has 1 unspecified atom stereocenters. The summed E-state index contributed by atoms with van der Waals surface area (Å²) in [6, 6.07) is 5.58. The number of hydrogen-bond donors (Lipinski definition) is 1. The summed E-state index contributed by atoms with van der Waals surface area (Å²) in [7, 11) is 0. The zero-order valence-electron chi connectivity index (χ0n) is 16.5. The van der Waals surface area contributed by atoms with E-state index in [1.165, 1.54) is 31.9 Å². The maximum atomic E-state index is 12.5. The summed E-state index contributed by atoms with van der Waals surface area (Å²) in [6.07, 6.45) is 4.50. The smallest absolute Gasteiger partial charge is 0.323 e. The standard InChI is InChI=1S/C22H27N3O3/c1-3-14-8-13-9-18-20(14)24(11-13)7-6-16-17-10-15(28-12(2)26)4-5-19(17)25(21(16)18)22(23)27/h4-5,10,13-14,18,20H,3,6-9,11H2,1-2H3,(H2,23,27)/t13-,14+,18-,20+/m1/s1. The van der Waals surface area contributed by atoms with Crippen molar-refractivity contribution in [1.82, 2.24) is 9.47 Å². The van der Waals surface area contributed by atoms with Gasteiger partial charge in [0, 0.05) is 43.1 Å². The molecule has 4 heterocycles. The topological polar surface area (TPSA) is 77.6 Å². The van der Waals surface area contributed by atoms with E-state index < -0.39 is 6.03 Å². The number of nitrogens with zero attached hydrogens (tertiary/aromatic N) is 2. The highest BCUT2D eigenvalue weighted by Crippen LogP contribution is 2.52. The van der Waals surface area contributed by atoms with Gasteiger partial charge in [-0.1, -0.05) is 13.3 Å². The van der Waals surface area contributed by atoms with Gasteiger partial charge in [0.05, 0.1) is 5.52 Å². The molecular formula is C22H27N3O3. The Balaban J connectivity index is 1.73. The van der Waals surface area contributed by atoms with Gasteiger partial charge in [-0.15, -0.1) is 0 Å². The molecule has 2 N–H and O–H groups in total. The van der Waals surface area contributed by atoms with E-state index in [1.807, 2.05) is 12.1 Å². The number of esters is 1. The van der Waals surface area contributed by atoms with E-state index in [0.29, 0.717) is 29.5 Å². The first-order chi connectivity index (χ1) is 13.5. The van der Waals surface area contributed by atoms with Crippen LogP contribution in [0.4, 0.5) is 4.79 Å². The first-order valence-electron chi connectivity index (χ1n) is 10.4. The Morgan fingerprint density at radius 2 is 2.11 bits per heavy atom. The lowest BCUT2D eigenvalue weighted by Crippen LogP contribution is -2.56. The largest absolute Gasteiger partial charge is 0.427 e. The molecule has 5 atom stereocenters. The second-order valence-corrected chi connectivity index (χ2v) is 8.66. The molecule has 0 spiro atoms. The lowest BCUT2D eigenvalue weighted by molar-refractivity contribution is -0.131. The third-order valence-corrected chi connectivity index (χ3v) is 7.12. The van der Waals surface area contributed by atoms with Crippen LogP contribution in [0.5, 0.6) is 5.75 Å². The molecule has 2 aromatic rings. The third-order valence-electron chi connectivity index (χ3n) is 7.12. The number of ether oxygens (including phenoxy) is 1. The molecule has 4 aliphatic rings. The highest BCUT2D eigenvalue weighted by Gasteiger charge is 2.49. The lowest BCUT2D eigenvalue weighted by atomic mass is 9.65. The molecule has 1 saturated carbocycles. The van der Waals surface area contributed by atoms with E-state index in [9.17, 15) is 9.59 Å². The van der Waals surface area contributed by atoms with Crippen molar-refractivity contribution >= 4 is 22.9 Å². The molecular weight excluding hydrogens is 354 g/mol. The van der Waals surface area contributed by atoms with E-state index in [-0.39, 0.29) is 5.97 Å². The predicted molar refractivity (Wildman–Crippen MR) is 107 cm³/mol. The molecule has 2 saturated heterocycles. The van der Waals surface area contributed by atoms with Crippen LogP contribution in [0.2, 0.25) is 0 Å². The van der Waals surface area contributed by atoms with Gasteiger partial charge in [0.25, 0.3) is 0 Å². The number of nitrogens with two attached hydrogens (primary N) is 1. The van der Waals surface area contributed by atoms with E-state index in [4.69, 9.17) is 10.5 Å². The van der Waals surface area contributed by atoms with Crippen molar-refractivity contribution < 1.29 is 14.3 Å². The van der Waals surface area contributed by atoms with Crippen LogP contribution >= 0.6 is 0 Å². The molecule has 0 radical (unpaired) electrons. The van der Waals surface area contributed by atoms with Crippen LogP contribution in [0.1, 0.15) is 50.3 Å². The molecule has 6 nitrogen and oxygen atoms in total. The average molecular weight is 381 g/mol. The Bertz CT molecular complexity index is 979. The van der Waals surface area contributed by atoms with Gasteiger partial charge in [-0.3, -0.25) is 14.3 Å². The Kier molecular flexibility index (Phi) is 4.02. The van der Waals surface area contributed by atoms with Gasteiger partial charge in [0.15, 0.2) is 0 Å². The Morgan fingerprint density at radius 1 is 1.29 bits per heavy atom. The van der Waals surface area contributed by atoms with E-state index in [1.54, 1.807) is 10.6 Å². The van der Waals surface area contributed by atoms with Crippen molar-refractivity contribution in [2.75, 3.05) is 13.1 Å². The minimum atomic E-state index is -0.422. The fourth-order valence-corrected chi connectivity index (χ4v) is 6.30. The minimum Gasteiger partial charge on any atom is -0.427 e. The number of piperidine rings is 2. The van der Waals surface area contributed by atoms with Gasteiger partial charge < -0.3 is 10.5 Å². The lowest BCUT2D eigenvalue weighted by Gasteiger charge is -2.53. The molecule has 1 aromatic heterocycles. The van der Waals surface area contributed by atoms with E-state index in [0.717, 1.165) is 36.0 Å². The number of carbonyl (C=O) groups excluding carboxylic acids is 2. The number of hydrogen-bond acceptors (Lipinski definition) is 4. The summed E-state index contributed by atoms with van der Waals surface area (Å²) in [5, 5.41) is 0.991.